The number of amides is 2. The third-order valence-electron chi connectivity index (χ3n) is 3.80. The Kier molecular flexibility index (Phi) is 5.47. The predicted molar refractivity (Wildman–Crippen MR) is 95.9 cm³/mol. The molecule has 7 nitrogen and oxygen atoms in total. The van der Waals surface area contributed by atoms with Crippen molar-refractivity contribution in [3.63, 3.8) is 0 Å². The van der Waals surface area contributed by atoms with Crippen LogP contribution >= 0.6 is 11.8 Å². The lowest BCUT2D eigenvalue weighted by molar-refractivity contribution is -0.122. The monoisotopic (exact) mass is 362 g/mol. The molecule has 0 unspecified atom stereocenters. The maximum absolute atomic E-state index is 12.2. The molecule has 0 fully saturated rings. The highest BCUT2D eigenvalue weighted by Crippen LogP contribution is 2.34. The number of fused-ring (bicyclic) bond motifs is 1. The van der Waals surface area contributed by atoms with Crippen LogP contribution in [0.4, 0.5) is 5.82 Å². The number of thioether (sulfide) groups is 1. The lowest BCUT2D eigenvalue weighted by Crippen LogP contribution is -2.28. The molecule has 2 aromatic heterocycles. The van der Waals surface area contributed by atoms with E-state index in [2.05, 4.69) is 15.7 Å². The molecule has 8 heteroatoms. The Morgan fingerprint density at radius 1 is 1.36 bits per heavy atom. The smallest absolute Gasteiger partial charge is 0.242 e. The van der Waals surface area contributed by atoms with Crippen LogP contribution in [0.3, 0.4) is 0 Å². The van der Waals surface area contributed by atoms with E-state index in [0.29, 0.717) is 24.5 Å². The molecule has 0 aliphatic carbocycles. The van der Waals surface area contributed by atoms with Crippen molar-refractivity contribution in [1.82, 2.24) is 15.1 Å². The van der Waals surface area contributed by atoms with Crippen molar-refractivity contribution in [2.75, 3.05) is 5.32 Å². The molecule has 134 valence electrons. The number of aromatic nitrogens is 2. The molecule has 3 rings (SSSR count). The van der Waals surface area contributed by atoms with Gasteiger partial charge < -0.3 is 15.1 Å². The van der Waals surface area contributed by atoms with E-state index >= 15 is 0 Å². The summed E-state index contributed by atoms with van der Waals surface area (Å²) < 4.78 is 6.80. The van der Waals surface area contributed by atoms with E-state index < -0.39 is 0 Å². The second-order valence-corrected chi connectivity index (χ2v) is 7.41. The van der Waals surface area contributed by atoms with Gasteiger partial charge in [0.05, 0.1) is 18.5 Å². The zero-order valence-corrected chi connectivity index (χ0v) is 15.2. The minimum Gasteiger partial charge on any atom is -0.467 e. The Morgan fingerprint density at radius 3 is 2.92 bits per heavy atom. The number of furan rings is 1. The van der Waals surface area contributed by atoms with Gasteiger partial charge in [-0.2, -0.15) is 16.9 Å². The quantitative estimate of drug-likeness (QED) is 0.790. The van der Waals surface area contributed by atoms with E-state index in [0.717, 1.165) is 22.8 Å². The van der Waals surface area contributed by atoms with Gasteiger partial charge in [0.1, 0.15) is 18.1 Å². The molecule has 0 atom stereocenters. The first-order valence-electron chi connectivity index (χ1n) is 8.28. The van der Waals surface area contributed by atoms with Crippen molar-refractivity contribution >= 4 is 29.4 Å². The minimum atomic E-state index is -0.176. The molecular weight excluding hydrogens is 340 g/mol. The summed E-state index contributed by atoms with van der Waals surface area (Å²) in [7, 11) is 0. The first kappa shape index (κ1) is 17.6. The Hall–Kier alpha value is -2.22. The Balaban J connectivity index is 1.67. The maximum Gasteiger partial charge on any atom is 0.242 e. The minimum absolute atomic E-state index is 0.0492. The number of nitrogens with zero attached hydrogens (tertiary/aromatic N) is 2. The fraction of sp³-hybridized carbons (Fsp3) is 0.471. The SMILES string of the molecule is CC(C)CC(=O)Nc1c2c(nn1CC(=O)NCc1ccco1)CSC2. The van der Waals surface area contributed by atoms with Crippen LogP contribution in [-0.2, 0) is 34.2 Å². The highest BCUT2D eigenvalue weighted by molar-refractivity contribution is 7.98. The van der Waals surface area contributed by atoms with Crippen molar-refractivity contribution in [2.45, 2.75) is 44.9 Å². The van der Waals surface area contributed by atoms with E-state index in [1.54, 1.807) is 34.8 Å². The van der Waals surface area contributed by atoms with Crippen molar-refractivity contribution in [2.24, 2.45) is 5.92 Å². The lowest BCUT2D eigenvalue weighted by atomic mass is 10.1. The molecule has 3 heterocycles. The molecule has 2 N–H and O–H groups in total. The normalized spacial score (nSPS) is 13.1. The summed E-state index contributed by atoms with van der Waals surface area (Å²) >= 11 is 1.76. The number of anilines is 1. The van der Waals surface area contributed by atoms with Crippen LogP contribution in [-0.4, -0.2) is 21.6 Å². The van der Waals surface area contributed by atoms with Gasteiger partial charge in [-0.3, -0.25) is 9.59 Å². The Morgan fingerprint density at radius 2 is 2.20 bits per heavy atom. The van der Waals surface area contributed by atoms with Gasteiger partial charge in [0.15, 0.2) is 0 Å². The molecule has 1 aliphatic rings. The van der Waals surface area contributed by atoms with Crippen LogP contribution < -0.4 is 10.6 Å². The van der Waals surface area contributed by atoms with E-state index in [1.165, 1.54) is 0 Å². The fourth-order valence-corrected chi connectivity index (χ4v) is 3.70. The molecule has 2 aromatic rings. The van der Waals surface area contributed by atoms with Gasteiger partial charge in [0.2, 0.25) is 11.8 Å². The number of carbonyl (C=O) groups is 2. The lowest BCUT2D eigenvalue weighted by Gasteiger charge is -2.12. The summed E-state index contributed by atoms with van der Waals surface area (Å²) in [5.74, 6) is 3.01. The van der Waals surface area contributed by atoms with E-state index in [1.807, 2.05) is 13.8 Å². The summed E-state index contributed by atoms with van der Waals surface area (Å²) in [6.45, 7) is 4.39. The molecular formula is C17H22N4O3S. The van der Waals surface area contributed by atoms with Crippen LogP contribution in [0.2, 0.25) is 0 Å². The number of hydrogen-bond donors (Lipinski definition) is 2. The highest BCUT2D eigenvalue weighted by atomic mass is 32.2. The zero-order valence-electron chi connectivity index (χ0n) is 14.4. The zero-order chi connectivity index (χ0) is 17.8. The van der Waals surface area contributed by atoms with E-state index in [9.17, 15) is 9.59 Å². The van der Waals surface area contributed by atoms with Crippen molar-refractivity contribution in [3.05, 3.63) is 35.4 Å². The molecule has 0 bridgehead atoms. The van der Waals surface area contributed by atoms with Crippen molar-refractivity contribution < 1.29 is 14.0 Å². The molecule has 0 saturated heterocycles. The summed E-state index contributed by atoms with van der Waals surface area (Å²) in [5.41, 5.74) is 1.98. The van der Waals surface area contributed by atoms with Gasteiger partial charge >= 0.3 is 0 Å². The van der Waals surface area contributed by atoms with Gasteiger partial charge in [-0.1, -0.05) is 13.8 Å². The molecule has 0 radical (unpaired) electrons. The molecule has 0 saturated carbocycles. The summed E-state index contributed by atoms with van der Waals surface area (Å²) in [6.07, 6.45) is 2.01. The van der Waals surface area contributed by atoms with Crippen LogP contribution in [0.25, 0.3) is 0 Å². The number of hydrogen-bond acceptors (Lipinski definition) is 5. The molecule has 0 aromatic carbocycles. The van der Waals surface area contributed by atoms with Gasteiger partial charge in [-0.25, -0.2) is 4.68 Å². The Bertz CT molecular complexity index is 752. The van der Waals surface area contributed by atoms with Gasteiger partial charge in [0.25, 0.3) is 0 Å². The predicted octanol–water partition coefficient (Wildman–Crippen LogP) is 2.52. The summed E-state index contributed by atoms with van der Waals surface area (Å²) in [4.78, 5) is 24.4. The molecule has 2 amide bonds. The maximum atomic E-state index is 12.2. The second kappa shape index (κ2) is 7.77. The van der Waals surface area contributed by atoms with Crippen molar-refractivity contribution in [1.29, 1.82) is 0 Å². The van der Waals surface area contributed by atoms with Crippen LogP contribution in [0.1, 0.15) is 37.3 Å². The summed E-state index contributed by atoms with van der Waals surface area (Å²) in [5, 5.41) is 10.3. The van der Waals surface area contributed by atoms with E-state index in [-0.39, 0.29) is 24.3 Å². The Labute approximate surface area is 150 Å². The van der Waals surface area contributed by atoms with Gasteiger partial charge in [-0.15, -0.1) is 0 Å². The first-order chi connectivity index (χ1) is 12.0. The first-order valence-corrected chi connectivity index (χ1v) is 9.43. The average Bonchev–Trinajstić information content (AvgIpc) is 3.24. The topological polar surface area (TPSA) is 89.2 Å². The van der Waals surface area contributed by atoms with Gasteiger partial charge in [-0.05, 0) is 18.1 Å². The number of carbonyl (C=O) groups excluding carboxylic acids is 2. The number of nitrogens with one attached hydrogen (secondary N) is 2. The highest BCUT2D eigenvalue weighted by Gasteiger charge is 2.25. The van der Waals surface area contributed by atoms with Gasteiger partial charge in [0, 0.05) is 23.5 Å². The second-order valence-electron chi connectivity index (χ2n) is 6.43. The summed E-state index contributed by atoms with van der Waals surface area (Å²) in [6, 6.07) is 3.58. The fourth-order valence-electron chi connectivity index (χ4n) is 2.66. The largest absolute Gasteiger partial charge is 0.467 e. The van der Waals surface area contributed by atoms with Crippen LogP contribution in [0, 0.1) is 5.92 Å². The average molecular weight is 362 g/mol. The van der Waals surface area contributed by atoms with Crippen LogP contribution in [0.15, 0.2) is 22.8 Å². The van der Waals surface area contributed by atoms with Crippen molar-refractivity contribution in [3.8, 4) is 0 Å². The molecule has 1 aliphatic heterocycles. The molecule has 25 heavy (non-hydrogen) atoms. The third-order valence-corrected chi connectivity index (χ3v) is 4.77. The van der Waals surface area contributed by atoms with Crippen LogP contribution in [0.5, 0.6) is 0 Å². The third kappa shape index (κ3) is 4.45. The van der Waals surface area contributed by atoms with E-state index in [4.69, 9.17) is 4.42 Å². The number of rotatable bonds is 7. The molecule has 0 spiro atoms. The standard InChI is InChI=1S/C17H22N4O3S/c1-11(2)6-15(22)19-17-13-9-25-10-14(13)20-21(17)8-16(23)18-7-12-4-3-5-24-12/h3-5,11H,6-10H2,1-2H3,(H,18,23)(H,19,22).